The van der Waals surface area contributed by atoms with Crippen LogP contribution in [0.1, 0.15) is 22.5 Å². The van der Waals surface area contributed by atoms with Gasteiger partial charge in [0.25, 0.3) is 5.91 Å². The van der Waals surface area contributed by atoms with E-state index in [0.717, 1.165) is 5.56 Å². The van der Waals surface area contributed by atoms with Crippen LogP contribution in [0.25, 0.3) is 0 Å². The lowest BCUT2D eigenvalue weighted by Gasteiger charge is -2.22. The molecule has 0 aliphatic carbocycles. The van der Waals surface area contributed by atoms with Gasteiger partial charge >= 0.3 is 0 Å². The highest BCUT2D eigenvalue weighted by Crippen LogP contribution is 2.46. The van der Waals surface area contributed by atoms with Crippen LogP contribution in [0.2, 0.25) is 10.0 Å². The molecular formula is C15H12Cl2N4O2. The number of halogens is 2. The van der Waals surface area contributed by atoms with Crippen LogP contribution in [0.3, 0.4) is 0 Å². The van der Waals surface area contributed by atoms with Crippen LogP contribution in [0.4, 0.5) is 5.69 Å². The van der Waals surface area contributed by atoms with Crippen LogP contribution in [-0.4, -0.2) is 39.8 Å². The van der Waals surface area contributed by atoms with Crippen molar-refractivity contribution >= 4 is 40.7 Å². The van der Waals surface area contributed by atoms with Gasteiger partial charge in [-0.2, -0.15) is 0 Å². The lowest BCUT2D eigenvalue weighted by atomic mass is 9.81. The Morgan fingerprint density at radius 2 is 2.09 bits per heavy atom. The number of hydrogen-bond acceptors (Lipinski definition) is 3. The predicted octanol–water partition coefficient (Wildman–Crippen LogP) is 2.45. The molecule has 8 heteroatoms. The maximum absolute atomic E-state index is 12.6. The molecule has 2 N–H and O–H groups in total. The zero-order valence-electron chi connectivity index (χ0n) is 11.9. The van der Waals surface area contributed by atoms with Crippen LogP contribution < -0.4 is 5.32 Å². The van der Waals surface area contributed by atoms with E-state index in [1.165, 1.54) is 6.33 Å². The van der Waals surface area contributed by atoms with Crippen LogP contribution in [0.15, 0.2) is 24.7 Å². The zero-order chi connectivity index (χ0) is 16.2. The number of nitrogens with one attached hydrogen (secondary N) is 2. The summed E-state index contributed by atoms with van der Waals surface area (Å²) < 4.78 is 0. The van der Waals surface area contributed by atoms with E-state index in [1.807, 2.05) is 0 Å². The minimum atomic E-state index is -0.768. The zero-order valence-corrected chi connectivity index (χ0v) is 13.4. The Morgan fingerprint density at radius 1 is 1.30 bits per heavy atom. The Hall–Kier alpha value is -2.05. The first kappa shape index (κ1) is 14.5. The number of carbonyl (C=O) groups is 2. The number of hydrogen-bond donors (Lipinski definition) is 2. The van der Waals surface area contributed by atoms with Gasteiger partial charge in [-0.1, -0.05) is 23.2 Å². The predicted molar refractivity (Wildman–Crippen MR) is 85.9 cm³/mol. The second-order valence-electron chi connectivity index (χ2n) is 5.78. The fourth-order valence-corrected chi connectivity index (χ4v) is 3.67. The molecule has 1 fully saturated rings. The maximum atomic E-state index is 12.6. The molecule has 1 aromatic heterocycles. The summed E-state index contributed by atoms with van der Waals surface area (Å²) in [5.41, 5.74) is 1.04. The van der Waals surface area contributed by atoms with E-state index >= 15 is 0 Å². The molecule has 6 nitrogen and oxygen atoms in total. The number of carbonyl (C=O) groups excluding carboxylic acids is 2. The first-order chi connectivity index (χ1) is 11.0. The average molecular weight is 351 g/mol. The minimum Gasteiger partial charge on any atom is -0.350 e. The van der Waals surface area contributed by atoms with Crippen LogP contribution in [0.5, 0.6) is 0 Å². The molecule has 118 valence electrons. The number of anilines is 1. The van der Waals surface area contributed by atoms with Crippen molar-refractivity contribution in [1.29, 1.82) is 0 Å². The van der Waals surface area contributed by atoms with Crippen LogP contribution in [0, 0.1) is 0 Å². The number of benzene rings is 1. The SMILES string of the molecule is O=C(c1c[nH]cn1)N1CC[C@]2(C1)C(=O)Nc1cc(Cl)c(Cl)cc12. The standard InChI is InChI=1S/C15H12Cl2N4O2/c16-9-3-8-11(4-10(9)17)20-14(23)15(8)1-2-21(6-15)13(22)12-5-18-7-19-12/h3-5,7H,1-2,6H2,(H,18,19)(H,20,23)/t15-/m1/s1. The minimum absolute atomic E-state index is 0.122. The normalized spacial score (nSPS) is 22.5. The van der Waals surface area contributed by atoms with E-state index in [-0.39, 0.29) is 11.8 Å². The van der Waals surface area contributed by atoms with Gasteiger partial charge in [-0.15, -0.1) is 0 Å². The monoisotopic (exact) mass is 350 g/mol. The molecule has 0 saturated carbocycles. The summed E-state index contributed by atoms with van der Waals surface area (Å²) in [6, 6.07) is 3.38. The Balaban J connectivity index is 1.70. The van der Waals surface area contributed by atoms with E-state index in [0.29, 0.717) is 40.9 Å². The van der Waals surface area contributed by atoms with E-state index in [1.54, 1.807) is 23.2 Å². The van der Waals surface area contributed by atoms with E-state index in [4.69, 9.17) is 23.2 Å². The number of likely N-dealkylation sites (tertiary alicyclic amines) is 1. The molecule has 1 spiro atoms. The summed E-state index contributed by atoms with van der Waals surface area (Å²) in [7, 11) is 0. The molecule has 2 aromatic rings. The fraction of sp³-hybridized carbons (Fsp3) is 0.267. The van der Waals surface area contributed by atoms with Gasteiger partial charge in [-0.25, -0.2) is 4.98 Å². The number of aromatic amines is 1. The lowest BCUT2D eigenvalue weighted by Crippen LogP contribution is -2.39. The smallest absolute Gasteiger partial charge is 0.274 e. The Morgan fingerprint density at radius 3 is 2.83 bits per heavy atom. The molecule has 0 bridgehead atoms. The van der Waals surface area contributed by atoms with Gasteiger partial charge in [-0.3, -0.25) is 9.59 Å². The van der Waals surface area contributed by atoms with Gasteiger partial charge in [0.2, 0.25) is 5.91 Å². The quantitative estimate of drug-likeness (QED) is 0.829. The Kier molecular flexibility index (Phi) is 3.14. The van der Waals surface area contributed by atoms with E-state index in [9.17, 15) is 9.59 Å². The number of aromatic nitrogens is 2. The van der Waals surface area contributed by atoms with Gasteiger partial charge in [0.1, 0.15) is 5.69 Å². The number of rotatable bonds is 1. The molecule has 0 radical (unpaired) electrons. The highest BCUT2D eigenvalue weighted by Gasteiger charge is 2.52. The average Bonchev–Trinajstić information content (AvgIpc) is 3.23. The third-order valence-corrected chi connectivity index (χ3v) is 5.25. The molecule has 1 atom stereocenters. The summed E-state index contributed by atoms with van der Waals surface area (Å²) in [6.45, 7) is 0.786. The largest absolute Gasteiger partial charge is 0.350 e. The van der Waals surface area contributed by atoms with Crippen LogP contribution >= 0.6 is 23.2 Å². The van der Waals surface area contributed by atoms with Gasteiger partial charge in [0, 0.05) is 25.0 Å². The molecule has 1 aromatic carbocycles. The number of fused-ring (bicyclic) bond motifs is 2. The second kappa shape index (κ2) is 4.97. The van der Waals surface area contributed by atoms with Crippen molar-refractivity contribution in [3.63, 3.8) is 0 Å². The Labute approximate surface area is 141 Å². The first-order valence-electron chi connectivity index (χ1n) is 7.10. The van der Waals surface area contributed by atoms with Crippen molar-refractivity contribution in [3.8, 4) is 0 Å². The summed E-state index contributed by atoms with van der Waals surface area (Å²) in [4.78, 5) is 33.4. The summed E-state index contributed by atoms with van der Waals surface area (Å²) in [5.74, 6) is -0.312. The molecule has 2 aliphatic heterocycles. The Bertz CT molecular complexity index is 821. The molecular weight excluding hydrogens is 339 g/mol. The van der Waals surface area contributed by atoms with Crippen molar-refractivity contribution < 1.29 is 9.59 Å². The third kappa shape index (κ3) is 2.05. The molecule has 3 heterocycles. The topological polar surface area (TPSA) is 78.1 Å². The van der Waals surface area contributed by atoms with E-state index < -0.39 is 5.41 Å². The second-order valence-corrected chi connectivity index (χ2v) is 6.59. The third-order valence-electron chi connectivity index (χ3n) is 4.53. The maximum Gasteiger partial charge on any atom is 0.274 e. The van der Waals surface area contributed by atoms with E-state index in [2.05, 4.69) is 15.3 Å². The summed E-state index contributed by atoms with van der Waals surface area (Å²) in [5, 5.41) is 3.65. The first-order valence-corrected chi connectivity index (χ1v) is 7.86. The van der Waals surface area contributed by atoms with Gasteiger partial charge in [0.05, 0.1) is 21.8 Å². The molecule has 2 aliphatic rings. The number of H-pyrrole nitrogens is 1. The highest BCUT2D eigenvalue weighted by molar-refractivity contribution is 6.42. The summed E-state index contributed by atoms with van der Waals surface area (Å²) >= 11 is 12.1. The summed E-state index contributed by atoms with van der Waals surface area (Å²) in [6.07, 6.45) is 3.55. The van der Waals surface area contributed by atoms with Crippen molar-refractivity contribution in [3.05, 3.63) is 46.0 Å². The molecule has 23 heavy (non-hydrogen) atoms. The molecule has 1 saturated heterocycles. The number of nitrogens with zero attached hydrogens (tertiary/aromatic N) is 2. The lowest BCUT2D eigenvalue weighted by molar-refractivity contribution is -0.120. The van der Waals surface area contributed by atoms with Crippen molar-refractivity contribution in [1.82, 2.24) is 14.9 Å². The highest BCUT2D eigenvalue weighted by atomic mass is 35.5. The van der Waals surface area contributed by atoms with Gasteiger partial charge in [0.15, 0.2) is 0 Å². The van der Waals surface area contributed by atoms with Crippen molar-refractivity contribution in [2.75, 3.05) is 18.4 Å². The molecule has 4 rings (SSSR count). The molecule has 0 unspecified atom stereocenters. The number of amides is 2. The number of imidazole rings is 1. The van der Waals surface area contributed by atoms with Gasteiger partial charge < -0.3 is 15.2 Å². The van der Waals surface area contributed by atoms with Gasteiger partial charge in [-0.05, 0) is 24.1 Å². The van der Waals surface area contributed by atoms with Crippen LogP contribution in [-0.2, 0) is 10.2 Å². The fourth-order valence-electron chi connectivity index (χ4n) is 3.34. The van der Waals surface area contributed by atoms with Crippen molar-refractivity contribution in [2.24, 2.45) is 0 Å². The molecule has 2 amide bonds. The van der Waals surface area contributed by atoms with Crippen molar-refractivity contribution in [2.45, 2.75) is 11.8 Å².